The van der Waals surface area contributed by atoms with Gasteiger partial charge in [0.1, 0.15) is 24.4 Å². The normalized spacial score (nSPS) is 26.6. The highest BCUT2D eigenvalue weighted by Gasteiger charge is 2.54. The second-order valence-electron chi connectivity index (χ2n) is 9.54. The van der Waals surface area contributed by atoms with Gasteiger partial charge in [-0.25, -0.2) is 0 Å². The number of piperidine rings is 3. The summed E-state index contributed by atoms with van der Waals surface area (Å²) in [6.45, 7) is 7.14. The molecule has 1 N–H and O–H groups in total. The lowest BCUT2D eigenvalue weighted by atomic mass is 9.71. The minimum atomic E-state index is -0.577. The van der Waals surface area contributed by atoms with Gasteiger partial charge in [0.05, 0.1) is 25.7 Å². The monoisotopic (exact) mass is 650 g/mol. The number of quaternary nitrogens is 1. The molecule has 1 aromatic heterocycles. The third-order valence-electron chi connectivity index (χ3n) is 7.76. The van der Waals surface area contributed by atoms with Gasteiger partial charge in [0, 0.05) is 44.9 Å². The van der Waals surface area contributed by atoms with Crippen molar-refractivity contribution in [3.8, 4) is 5.75 Å². The Morgan fingerprint density at radius 1 is 1.21 bits per heavy atom. The third kappa shape index (κ3) is 4.74. The van der Waals surface area contributed by atoms with E-state index in [2.05, 4.69) is 67.7 Å². The average molecular weight is 653 g/mol. The lowest BCUT2D eigenvalue weighted by Crippen LogP contribution is -3.00. The molecule has 3 aliphatic heterocycles. The van der Waals surface area contributed by atoms with Crippen LogP contribution in [0.25, 0.3) is 10.9 Å². The van der Waals surface area contributed by atoms with Crippen LogP contribution in [0.3, 0.4) is 0 Å². The summed E-state index contributed by atoms with van der Waals surface area (Å²) in [6, 6.07) is 14.5. The van der Waals surface area contributed by atoms with E-state index in [0.29, 0.717) is 11.8 Å². The van der Waals surface area contributed by atoms with Crippen molar-refractivity contribution < 1.29 is 31.3 Å². The lowest BCUT2D eigenvalue weighted by molar-refractivity contribution is -0.984. The number of fused-ring (bicyclic) bond motifs is 4. The highest BCUT2D eigenvalue weighted by Crippen LogP contribution is 2.48. The maximum Gasteiger partial charge on any atom is 0.131 e. The smallest absolute Gasteiger partial charge is 0.131 e. The van der Waals surface area contributed by atoms with E-state index >= 15 is 0 Å². The molecule has 0 spiro atoms. The summed E-state index contributed by atoms with van der Waals surface area (Å²) in [7, 11) is 1.67. The SMILES string of the molecule is C=C[C@H]1C[N+]2(Cc3cc(Br)cc(Br)c3)CC[C@H]1C[C@@H]2[C@@H](O)c1ccnc2ccc(OC)cc12.[Br-]. The summed E-state index contributed by atoms with van der Waals surface area (Å²) in [5, 5.41) is 12.9. The Bertz CT molecular complexity index is 1180. The molecular formula is C27H29Br3N2O2. The van der Waals surface area contributed by atoms with Gasteiger partial charge in [0.25, 0.3) is 0 Å². The molecule has 2 bridgehead atoms. The maximum atomic E-state index is 11.9. The van der Waals surface area contributed by atoms with Gasteiger partial charge in [-0.2, -0.15) is 0 Å². The van der Waals surface area contributed by atoms with E-state index in [1.54, 1.807) is 7.11 Å². The van der Waals surface area contributed by atoms with Gasteiger partial charge in [-0.05, 0) is 53.9 Å². The number of ether oxygens (including phenoxy) is 1. The molecule has 7 heteroatoms. The van der Waals surface area contributed by atoms with Gasteiger partial charge in [0.2, 0.25) is 0 Å². The van der Waals surface area contributed by atoms with Crippen molar-refractivity contribution in [3.63, 3.8) is 0 Å². The second kappa shape index (κ2) is 10.4. The van der Waals surface area contributed by atoms with Crippen LogP contribution >= 0.6 is 31.9 Å². The number of nitrogens with zero attached hydrogens (tertiary/aromatic N) is 2. The molecule has 3 aliphatic rings. The number of benzene rings is 2. The zero-order valence-corrected chi connectivity index (χ0v) is 23.9. The molecule has 3 aromatic rings. The Kier molecular flexibility index (Phi) is 7.89. The first kappa shape index (κ1) is 25.8. The highest BCUT2D eigenvalue weighted by molar-refractivity contribution is 9.11. The molecule has 6 rings (SSSR count). The van der Waals surface area contributed by atoms with Crippen LogP contribution in [-0.2, 0) is 6.54 Å². The summed E-state index contributed by atoms with van der Waals surface area (Å²) in [5.74, 6) is 1.86. The van der Waals surface area contributed by atoms with Crippen LogP contribution in [0.1, 0.15) is 30.1 Å². The molecule has 1 unspecified atom stereocenters. The quantitative estimate of drug-likeness (QED) is 0.328. The van der Waals surface area contributed by atoms with Crippen molar-refractivity contribution in [2.24, 2.45) is 11.8 Å². The van der Waals surface area contributed by atoms with Crippen LogP contribution in [-0.4, -0.2) is 40.8 Å². The van der Waals surface area contributed by atoms with E-state index in [4.69, 9.17) is 4.74 Å². The van der Waals surface area contributed by atoms with Gasteiger partial charge in [-0.1, -0.05) is 37.9 Å². The Hall–Kier alpha value is -1.25. The van der Waals surface area contributed by atoms with Crippen LogP contribution in [0.4, 0.5) is 0 Å². The highest BCUT2D eigenvalue weighted by atomic mass is 79.9. The average Bonchev–Trinajstić information content (AvgIpc) is 2.82. The van der Waals surface area contributed by atoms with Crippen molar-refractivity contribution in [1.29, 1.82) is 0 Å². The predicted octanol–water partition coefficient (Wildman–Crippen LogP) is 3.42. The fraction of sp³-hybridized carbons (Fsp3) is 0.370. The zero-order valence-electron chi connectivity index (χ0n) is 19.1. The molecular weight excluding hydrogens is 624 g/mol. The summed E-state index contributed by atoms with van der Waals surface area (Å²) in [6.07, 6.45) is 5.56. The third-order valence-corrected chi connectivity index (χ3v) is 8.68. The number of methoxy groups -OCH3 is 1. The fourth-order valence-electron chi connectivity index (χ4n) is 6.19. The molecule has 180 valence electrons. The molecule has 5 atom stereocenters. The Morgan fingerprint density at radius 2 is 1.97 bits per heavy atom. The number of pyridine rings is 1. The van der Waals surface area contributed by atoms with Crippen LogP contribution in [0.5, 0.6) is 5.75 Å². The van der Waals surface area contributed by atoms with E-state index in [0.717, 1.165) is 61.7 Å². The number of rotatable bonds is 6. The van der Waals surface area contributed by atoms with Gasteiger partial charge in [0.15, 0.2) is 0 Å². The first-order valence-corrected chi connectivity index (χ1v) is 13.0. The minimum absolute atomic E-state index is 0. The Morgan fingerprint density at radius 3 is 2.68 bits per heavy atom. The first-order chi connectivity index (χ1) is 15.9. The van der Waals surface area contributed by atoms with E-state index in [-0.39, 0.29) is 23.0 Å². The van der Waals surface area contributed by atoms with Crippen molar-refractivity contribution >= 4 is 42.8 Å². The lowest BCUT2D eigenvalue weighted by Gasteiger charge is -2.58. The van der Waals surface area contributed by atoms with E-state index in [1.807, 2.05) is 30.5 Å². The molecule has 4 heterocycles. The zero-order chi connectivity index (χ0) is 23.2. The largest absolute Gasteiger partial charge is 1.00 e. The number of aromatic nitrogens is 1. The minimum Gasteiger partial charge on any atom is -1.00 e. The second-order valence-corrected chi connectivity index (χ2v) is 11.4. The molecule has 0 aliphatic carbocycles. The van der Waals surface area contributed by atoms with Gasteiger partial charge >= 0.3 is 0 Å². The number of halogens is 3. The van der Waals surface area contributed by atoms with Gasteiger partial charge < -0.3 is 31.3 Å². The van der Waals surface area contributed by atoms with Crippen molar-refractivity contribution in [1.82, 2.24) is 4.98 Å². The number of aliphatic hydroxyl groups is 1. The van der Waals surface area contributed by atoms with Crippen molar-refractivity contribution in [2.75, 3.05) is 20.2 Å². The van der Waals surface area contributed by atoms with E-state index in [9.17, 15) is 5.11 Å². The molecule has 4 nitrogen and oxygen atoms in total. The van der Waals surface area contributed by atoms with Crippen LogP contribution < -0.4 is 21.7 Å². The maximum absolute atomic E-state index is 11.9. The summed E-state index contributed by atoms with van der Waals surface area (Å²) in [4.78, 5) is 4.53. The van der Waals surface area contributed by atoms with Crippen LogP contribution in [0.2, 0.25) is 0 Å². The molecule has 34 heavy (non-hydrogen) atoms. The number of hydrogen-bond acceptors (Lipinski definition) is 3. The molecule has 0 saturated carbocycles. The summed E-state index contributed by atoms with van der Waals surface area (Å²) in [5.41, 5.74) is 3.10. The van der Waals surface area contributed by atoms with Gasteiger partial charge in [-0.3, -0.25) is 4.98 Å². The van der Waals surface area contributed by atoms with E-state index < -0.39 is 6.10 Å². The predicted molar refractivity (Wildman–Crippen MR) is 139 cm³/mol. The first-order valence-electron chi connectivity index (χ1n) is 11.5. The Labute approximate surface area is 228 Å². The molecule has 2 aromatic carbocycles. The summed E-state index contributed by atoms with van der Waals surface area (Å²) < 4.78 is 8.49. The fourth-order valence-corrected chi connectivity index (χ4v) is 7.57. The van der Waals surface area contributed by atoms with Gasteiger partial charge in [-0.15, -0.1) is 6.58 Å². The van der Waals surface area contributed by atoms with E-state index in [1.165, 1.54) is 12.0 Å². The molecule has 0 radical (unpaired) electrons. The van der Waals surface area contributed by atoms with Crippen molar-refractivity contribution in [3.05, 3.63) is 81.4 Å². The topological polar surface area (TPSA) is 42.4 Å². The molecule has 3 fully saturated rings. The number of aliphatic hydroxyl groups excluding tert-OH is 1. The molecule has 3 saturated heterocycles. The van der Waals surface area contributed by atoms with Crippen molar-refractivity contribution in [2.45, 2.75) is 31.5 Å². The standard InChI is InChI=1S/C27H29Br2N2O2.BrH/c1-3-18-16-31(15-17-10-20(28)13-21(29)11-17)9-7-19(18)12-26(31)27(32)23-6-8-30-25-5-4-22(33-2)14-24(23)25;/h3-6,8,10-11,13-14,18-19,26-27,32H,1,7,9,12,15-16H2,2H3;1H/q+1;/p-1/t18-,19-,26+,27-,31?;/m0./s1. The molecule has 0 amide bonds. The summed E-state index contributed by atoms with van der Waals surface area (Å²) >= 11 is 7.31. The Balaban J connectivity index is 0.00000274. The van der Waals surface area contributed by atoms with Crippen LogP contribution in [0.15, 0.2) is 70.3 Å². The van der Waals surface area contributed by atoms with Crippen LogP contribution in [0, 0.1) is 11.8 Å². The number of hydrogen-bond donors (Lipinski definition) is 1.